The first-order valence-corrected chi connectivity index (χ1v) is 3.78. The Morgan fingerprint density at radius 2 is 2.08 bits per heavy atom. The molecule has 1 N–H and O–H groups in total. The van der Waals surface area contributed by atoms with E-state index >= 15 is 0 Å². The van der Waals surface area contributed by atoms with Crippen LogP contribution in [0.1, 0.15) is 19.3 Å². The Morgan fingerprint density at radius 1 is 1.42 bits per heavy atom. The van der Waals surface area contributed by atoms with E-state index in [0.29, 0.717) is 19.4 Å². The second-order valence-corrected chi connectivity index (χ2v) is 2.52. The van der Waals surface area contributed by atoms with Crippen LogP contribution in [0, 0.1) is 0 Å². The Balaban J connectivity index is 2.10. The van der Waals surface area contributed by atoms with Crippen molar-refractivity contribution < 1.29 is 14.4 Å². The minimum absolute atomic E-state index is 0.000675. The Morgan fingerprint density at radius 3 is 2.58 bits per heavy atom. The van der Waals surface area contributed by atoms with E-state index in [2.05, 4.69) is 5.43 Å². The molecule has 0 aromatic rings. The third-order valence-corrected chi connectivity index (χ3v) is 1.57. The van der Waals surface area contributed by atoms with Crippen LogP contribution in [-0.4, -0.2) is 29.7 Å². The van der Waals surface area contributed by atoms with Gasteiger partial charge in [0.1, 0.15) is 12.7 Å². The summed E-state index contributed by atoms with van der Waals surface area (Å²) in [5.41, 5.74) is 2.63. The molecule has 0 aromatic heterocycles. The number of hydrogen-bond donors (Lipinski definition) is 1. The van der Waals surface area contributed by atoms with Crippen LogP contribution in [0.25, 0.3) is 0 Å². The minimum atomic E-state index is -0.203. The highest BCUT2D eigenvalue weighted by molar-refractivity contribution is 6.14. The second kappa shape index (κ2) is 3.96. The van der Waals surface area contributed by atoms with Crippen molar-refractivity contribution in [2.45, 2.75) is 19.3 Å². The van der Waals surface area contributed by atoms with Crippen LogP contribution in [0.5, 0.6) is 0 Å². The smallest absolute Gasteiger partial charge is 0.253 e. The number of carbonyl (C=O) groups excluding carboxylic acids is 3. The van der Waals surface area contributed by atoms with Crippen molar-refractivity contribution in [3.63, 3.8) is 0 Å². The predicted octanol–water partition coefficient (Wildman–Crippen LogP) is -0.771. The maximum absolute atomic E-state index is 10.7. The summed E-state index contributed by atoms with van der Waals surface area (Å²) in [6.45, 7) is 0.482. The van der Waals surface area contributed by atoms with Crippen LogP contribution in [-0.2, 0) is 14.4 Å². The van der Waals surface area contributed by atoms with Crippen molar-refractivity contribution in [3.8, 4) is 0 Å². The molecule has 0 saturated carbocycles. The van der Waals surface area contributed by atoms with Gasteiger partial charge in [0.05, 0.1) is 0 Å². The molecular weight excluding hydrogens is 160 g/mol. The number of amides is 2. The molecule has 1 aliphatic rings. The van der Waals surface area contributed by atoms with Crippen molar-refractivity contribution in [2.24, 2.45) is 0 Å². The van der Waals surface area contributed by atoms with Gasteiger partial charge in [0, 0.05) is 13.0 Å². The van der Waals surface area contributed by atoms with Crippen molar-refractivity contribution >= 4 is 18.1 Å². The van der Waals surface area contributed by atoms with Gasteiger partial charge in [0.15, 0.2) is 0 Å². The SMILES string of the molecule is O=CCCCNN1C(=O)CC1=O. The number of hydrogen-bond acceptors (Lipinski definition) is 4. The standard InChI is InChI=1S/C7H10N2O3/c10-4-2-1-3-8-9-6(11)5-7(9)12/h4,8H,1-3,5H2. The lowest BCUT2D eigenvalue weighted by molar-refractivity contribution is -0.162. The largest absolute Gasteiger partial charge is 0.303 e. The number of aldehydes is 1. The van der Waals surface area contributed by atoms with Gasteiger partial charge in [0.2, 0.25) is 0 Å². The summed E-state index contributed by atoms with van der Waals surface area (Å²) in [6.07, 6.45) is 1.89. The molecule has 0 spiro atoms. The van der Waals surface area contributed by atoms with Crippen molar-refractivity contribution in [2.75, 3.05) is 6.54 Å². The van der Waals surface area contributed by atoms with E-state index in [1.54, 1.807) is 0 Å². The molecule has 0 bridgehead atoms. The van der Waals surface area contributed by atoms with E-state index in [9.17, 15) is 14.4 Å². The van der Waals surface area contributed by atoms with Crippen LogP contribution in [0.3, 0.4) is 0 Å². The molecule has 1 aliphatic heterocycles. The number of carbonyl (C=O) groups is 3. The molecule has 0 aromatic carbocycles. The fourth-order valence-electron chi connectivity index (χ4n) is 0.888. The maximum atomic E-state index is 10.7. The van der Waals surface area contributed by atoms with Gasteiger partial charge in [-0.1, -0.05) is 0 Å². The van der Waals surface area contributed by atoms with Crippen molar-refractivity contribution in [1.29, 1.82) is 0 Å². The molecule has 0 atom stereocenters. The summed E-state index contributed by atoms with van der Waals surface area (Å²) >= 11 is 0. The molecule has 5 nitrogen and oxygen atoms in total. The quantitative estimate of drug-likeness (QED) is 0.254. The molecule has 0 aliphatic carbocycles. The molecule has 0 radical (unpaired) electrons. The molecule has 1 fully saturated rings. The molecule has 66 valence electrons. The zero-order chi connectivity index (χ0) is 8.97. The summed E-state index contributed by atoms with van der Waals surface area (Å²) in [4.78, 5) is 31.2. The zero-order valence-electron chi connectivity index (χ0n) is 6.58. The van der Waals surface area contributed by atoms with E-state index in [1.807, 2.05) is 0 Å². The molecule has 0 unspecified atom stereocenters. The Kier molecular flexibility index (Phi) is 2.93. The fraction of sp³-hybridized carbons (Fsp3) is 0.571. The van der Waals surface area contributed by atoms with Gasteiger partial charge in [-0.25, -0.2) is 10.4 Å². The Bertz CT molecular complexity index is 201. The van der Waals surface area contributed by atoms with Gasteiger partial charge in [-0.2, -0.15) is 0 Å². The van der Waals surface area contributed by atoms with Crippen molar-refractivity contribution in [3.05, 3.63) is 0 Å². The normalized spacial score (nSPS) is 16.2. The highest BCUT2D eigenvalue weighted by Crippen LogP contribution is 2.06. The van der Waals surface area contributed by atoms with Crippen LogP contribution in [0.4, 0.5) is 0 Å². The number of hydrazine groups is 1. The van der Waals surface area contributed by atoms with Crippen molar-refractivity contribution in [1.82, 2.24) is 10.4 Å². The van der Waals surface area contributed by atoms with Crippen LogP contribution < -0.4 is 5.43 Å². The fourth-order valence-corrected chi connectivity index (χ4v) is 0.888. The van der Waals surface area contributed by atoms with Crippen LogP contribution in [0.15, 0.2) is 0 Å². The first kappa shape index (κ1) is 8.86. The van der Waals surface area contributed by atoms with Gasteiger partial charge in [0.25, 0.3) is 11.8 Å². The highest BCUT2D eigenvalue weighted by Gasteiger charge is 2.33. The third-order valence-electron chi connectivity index (χ3n) is 1.57. The number of β-lactam (4-membered cyclic amide) rings is 2. The second-order valence-electron chi connectivity index (χ2n) is 2.52. The molecule has 2 amide bonds. The lowest BCUT2D eigenvalue weighted by Crippen LogP contribution is -2.56. The summed E-state index contributed by atoms with van der Waals surface area (Å²) in [5.74, 6) is -0.405. The van der Waals surface area contributed by atoms with E-state index < -0.39 is 0 Å². The first-order valence-electron chi connectivity index (χ1n) is 3.78. The van der Waals surface area contributed by atoms with Gasteiger partial charge in [-0.15, -0.1) is 0 Å². The molecule has 1 saturated heterocycles. The Labute approximate surface area is 69.7 Å². The number of nitrogens with zero attached hydrogens (tertiary/aromatic N) is 1. The van der Waals surface area contributed by atoms with Gasteiger partial charge in [-0.05, 0) is 6.42 Å². The highest BCUT2D eigenvalue weighted by atomic mass is 16.2. The number of imide groups is 1. The summed E-state index contributed by atoms with van der Waals surface area (Å²) in [5, 5.41) is 0.991. The van der Waals surface area contributed by atoms with Gasteiger partial charge < -0.3 is 4.79 Å². The zero-order valence-corrected chi connectivity index (χ0v) is 6.58. The topological polar surface area (TPSA) is 66.5 Å². The van der Waals surface area contributed by atoms with Gasteiger partial charge in [-0.3, -0.25) is 9.59 Å². The number of nitrogens with one attached hydrogen (secondary N) is 1. The van der Waals surface area contributed by atoms with E-state index in [0.717, 1.165) is 11.3 Å². The maximum Gasteiger partial charge on any atom is 0.253 e. The number of unbranched alkanes of at least 4 members (excludes halogenated alkanes) is 1. The average Bonchev–Trinajstić information content (AvgIpc) is 2.04. The van der Waals surface area contributed by atoms with Crippen LogP contribution in [0.2, 0.25) is 0 Å². The van der Waals surface area contributed by atoms with E-state index in [-0.39, 0.29) is 18.2 Å². The Hall–Kier alpha value is -1.23. The first-order chi connectivity index (χ1) is 5.75. The van der Waals surface area contributed by atoms with Gasteiger partial charge >= 0.3 is 0 Å². The molecule has 1 rings (SSSR count). The molecule has 12 heavy (non-hydrogen) atoms. The average molecular weight is 170 g/mol. The molecule has 1 heterocycles. The lowest BCUT2D eigenvalue weighted by atomic mass is 10.2. The summed E-state index contributed by atoms with van der Waals surface area (Å²) in [6, 6.07) is 0. The van der Waals surface area contributed by atoms with E-state index in [1.165, 1.54) is 0 Å². The minimum Gasteiger partial charge on any atom is -0.303 e. The summed E-state index contributed by atoms with van der Waals surface area (Å²) < 4.78 is 0. The summed E-state index contributed by atoms with van der Waals surface area (Å²) in [7, 11) is 0. The molecule has 5 heteroatoms. The predicted molar refractivity (Wildman–Crippen MR) is 39.8 cm³/mol. The molecular formula is C7H10N2O3. The van der Waals surface area contributed by atoms with Crippen LogP contribution >= 0.6 is 0 Å². The van der Waals surface area contributed by atoms with E-state index in [4.69, 9.17) is 0 Å². The third kappa shape index (κ3) is 1.88. The number of rotatable bonds is 5. The lowest BCUT2D eigenvalue weighted by Gasteiger charge is -2.28. The monoisotopic (exact) mass is 170 g/mol.